The number of benzene rings is 2. The zero-order valence-corrected chi connectivity index (χ0v) is 20.9. The first-order chi connectivity index (χ1) is 15.5. The van der Waals surface area contributed by atoms with E-state index in [2.05, 4.69) is 88.4 Å². The molecule has 2 aromatic carbocycles. The molecule has 3 heteroatoms. The Hall–Kier alpha value is -2.49. The second-order valence-electron chi connectivity index (χ2n) is 8.26. The van der Waals surface area contributed by atoms with E-state index in [1.807, 2.05) is 12.1 Å². The summed E-state index contributed by atoms with van der Waals surface area (Å²) >= 11 is 3.59. The average Bonchev–Trinajstić information content (AvgIpc) is 3.48. The maximum absolute atomic E-state index is 13.5. The highest BCUT2D eigenvalue weighted by molar-refractivity contribution is 7.13. The van der Waals surface area contributed by atoms with Gasteiger partial charge in [-0.2, -0.15) is 0 Å². The topological polar surface area (TPSA) is 17.1 Å². The molecule has 0 aliphatic carbocycles. The molecule has 164 valence electrons. The molecule has 2 heterocycles. The van der Waals surface area contributed by atoms with Gasteiger partial charge >= 0.3 is 0 Å². The standard InChI is InChI=1S/C29H30OS2/c1-5-25-23(21-13-9-7-10-14-21)17-27(31-25)19(3)29(30)20(4)28-18-24(26(6-2)32-28)22-15-11-8-12-16-22/h7-20H,5-6H2,1-4H3. The number of Topliss-reactive ketones (excluding diaryl/α,β-unsaturated/α-hetero) is 1. The highest BCUT2D eigenvalue weighted by Gasteiger charge is 2.27. The van der Waals surface area contributed by atoms with E-state index >= 15 is 0 Å². The van der Waals surface area contributed by atoms with E-state index in [9.17, 15) is 4.79 Å². The van der Waals surface area contributed by atoms with Gasteiger partial charge in [-0.3, -0.25) is 4.79 Å². The maximum Gasteiger partial charge on any atom is 0.148 e. The van der Waals surface area contributed by atoms with Gasteiger partial charge in [-0.05, 0) is 47.2 Å². The Morgan fingerprint density at radius 3 is 1.41 bits per heavy atom. The van der Waals surface area contributed by atoms with E-state index < -0.39 is 0 Å². The average molecular weight is 459 g/mol. The minimum absolute atomic E-state index is 0.106. The fraction of sp³-hybridized carbons (Fsp3) is 0.276. The molecule has 4 aromatic rings. The van der Waals surface area contributed by atoms with Gasteiger partial charge in [0, 0.05) is 31.3 Å². The summed E-state index contributed by atoms with van der Waals surface area (Å²) in [5.41, 5.74) is 5.02. The molecule has 2 atom stereocenters. The van der Waals surface area contributed by atoms with Gasteiger partial charge in [0.15, 0.2) is 0 Å². The Balaban J connectivity index is 1.61. The number of thiophene rings is 2. The normalized spacial score (nSPS) is 13.1. The summed E-state index contributed by atoms with van der Waals surface area (Å²) in [6.07, 6.45) is 1.97. The van der Waals surface area contributed by atoms with E-state index in [1.165, 1.54) is 41.8 Å². The van der Waals surface area contributed by atoms with Crippen LogP contribution in [0.5, 0.6) is 0 Å². The largest absolute Gasteiger partial charge is 0.298 e. The van der Waals surface area contributed by atoms with Crippen molar-refractivity contribution in [3.8, 4) is 22.3 Å². The van der Waals surface area contributed by atoms with Gasteiger partial charge in [-0.15, -0.1) is 22.7 Å². The minimum Gasteiger partial charge on any atom is -0.298 e. The van der Waals surface area contributed by atoms with Crippen LogP contribution in [-0.2, 0) is 17.6 Å². The zero-order chi connectivity index (χ0) is 22.7. The summed E-state index contributed by atoms with van der Waals surface area (Å²) in [6.45, 7) is 8.54. The van der Waals surface area contributed by atoms with Crippen LogP contribution in [0.1, 0.15) is 59.0 Å². The van der Waals surface area contributed by atoms with Crippen LogP contribution in [0.4, 0.5) is 0 Å². The number of rotatable bonds is 8. The van der Waals surface area contributed by atoms with E-state index in [-0.39, 0.29) is 11.8 Å². The van der Waals surface area contributed by atoms with E-state index in [1.54, 1.807) is 22.7 Å². The molecule has 0 aliphatic heterocycles. The van der Waals surface area contributed by atoms with Crippen LogP contribution in [0.2, 0.25) is 0 Å². The SMILES string of the molecule is CCc1sc(C(C)C(=O)C(C)c2cc(-c3ccccc3)c(CC)s2)cc1-c1ccccc1. The number of hydrogen-bond donors (Lipinski definition) is 0. The Morgan fingerprint density at radius 1 is 0.688 bits per heavy atom. The van der Waals surface area contributed by atoms with Crippen LogP contribution in [-0.4, -0.2) is 5.78 Å². The molecular weight excluding hydrogens is 428 g/mol. The van der Waals surface area contributed by atoms with Crippen molar-refractivity contribution in [2.45, 2.75) is 52.4 Å². The number of ketones is 1. The Kier molecular flexibility index (Phi) is 7.07. The minimum atomic E-state index is -0.106. The highest BCUT2D eigenvalue weighted by atomic mass is 32.1. The molecule has 0 fully saturated rings. The van der Waals surface area contributed by atoms with Gasteiger partial charge in [0.05, 0.1) is 0 Å². The molecule has 1 nitrogen and oxygen atoms in total. The van der Waals surface area contributed by atoms with Crippen molar-refractivity contribution in [2.75, 3.05) is 0 Å². The lowest BCUT2D eigenvalue weighted by molar-refractivity contribution is -0.121. The summed E-state index contributed by atoms with van der Waals surface area (Å²) in [6, 6.07) is 25.5. The molecule has 0 bridgehead atoms. The van der Waals surface area contributed by atoms with Gasteiger partial charge < -0.3 is 0 Å². The molecule has 0 saturated carbocycles. The molecule has 2 aromatic heterocycles. The lowest BCUT2D eigenvalue weighted by Gasteiger charge is -2.14. The van der Waals surface area contributed by atoms with Gasteiger partial charge in [0.1, 0.15) is 5.78 Å². The van der Waals surface area contributed by atoms with Crippen molar-refractivity contribution >= 4 is 28.5 Å². The van der Waals surface area contributed by atoms with Crippen LogP contribution >= 0.6 is 22.7 Å². The van der Waals surface area contributed by atoms with Gasteiger partial charge in [0.2, 0.25) is 0 Å². The Labute approximate surface area is 199 Å². The quantitative estimate of drug-likeness (QED) is 0.258. The summed E-state index contributed by atoms with van der Waals surface area (Å²) in [7, 11) is 0. The highest BCUT2D eigenvalue weighted by Crippen LogP contribution is 2.40. The summed E-state index contributed by atoms with van der Waals surface area (Å²) in [5.74, 6) is 0.0901. The molecule has 0 saturated heterocycles. The first kappa shape index (κ1) is 22.7. The van der Waals surface area contributed by atoms with Crippen LogP contribution in [0.25, 0.3) is 22.3 Å². The predicted octanol–water partition coefficient (Wildman–Crippen LogP) is 8.74. The van der Waals surface area contributed by atoms with Crippen molar-refractivity contribution in [2.24, 2.45) is 0 Å². The van der Waals surface area contributed by atoms with Gasteiger partial charge in [0.25, 0.3) is 0 Å². The van der Waals surface area contributed by atoms with Crippen LogP contribution < -0.4 is 0 Å². The number of hydrogen-bond acceptors (Lipinski definition) is 3. The van der Waals surface area contributed by atoms with Crippen molar-refractivity contribution < 1.29 is 4.79 Å². The summed E-state index contributed by atoms with van der Waals surface area (Å²) < 4.78 is 0. The monoisotopic (exact) mass is 458 g/mol. The van der Waals surface area contributed by atoms with Crippen LogP contribution in [0.3, 0.4) is 0 Å². The van der Waals surface area contributed by atoms with Crippen molar-refractivity contribution in [3.63, 3.8) is 0 Å². The van der Waals surface area contributed by atoms with Gasteiger partial charge in [-0.1, -0.05) is 88.4 Å². The number of carbonyl (C=O) groups is 1. The second kappa shape index (κ2) is 9.97. The Bertz CT molecular complexity index is 1090. The predicted molar refractivity (Wildman–Crippen MR) is 140 cm³/mol. The fourth-order valence-electron chi connectivity index (χ4n) is 4.23. The van der Waals surface area contributed by atoms with Crippen LogP contribution in [0, 0.1) is 0 Å². The lowest BCUT2D eigenvalue weighted by Crippen LogP contribution is -2.14. The molecule has 2 unspecified atom stereocenters. The first-order valence-electron chi connectivity index (χ1n) is 11.4. The third-order valence-corrected chi connectivity index (χ3v) is 9.10. The van der Waals surface area contributed by atoms with E-state index in [4.69, 9.17) is 0 Å². The van der Waals surface area contributed by atoms with Crippen molar-refractivity contribution in [3.05, 3.63) is 92.3 Å². The maximum atomic E-state index is 13.5. The molecule has 32 heavy (non-hydrogen) atoms. The molecule has 4 rings (SSSR count). The molecular formula is C29H30OS2. The van der Waals surface area contributed by atoms with Crippen LogP contribution in [0.15, 0.2) is 72.8 Å². The van der Waals surface area contributed by atoms with Crippen molar-refractivity contribution in [1.29, 1.82) is 0 Å². The third kappa shape index (κ3) is 4.51. The molecule has 0 N–H and O–H groups in total. The van der Waals surface area contributed by atoms with E-state index in [0.717, 1.165) is 12.8 Å². The smallest absolute Gasteiger partial charge is 0.148 e. The Morgan fingerprint density at radius 2 is 1.06 bits per heavy atom. The number of carbonyl (C=O) groups excluding carboxylic acids is 1. The summed E-state index contributed by atoms with van der Waals surface area (Å²) in [4.78, 5) is 18.6. The number of aryl methyl sites for hydroxylation is 2. The first-order valence-corrected chi connectivity index (χ1v) is 13.1. The van der Waals surface area contributed by atoms with Crippen molar-refractivity contribution in [1.82, 2.24) is 0 Å². The third-order valence-electron chi connectivity index (χ3n) is 6.18. The fourth-order valence-corrected chi connectivity index (χ4v) is 6.60. The molecule has 0 amide bonds. The zero-order valence-electron chi connectivity index (χ0n) is 19.2. The molecule has 0 spiro atoms. The summed E-state index contributed by atoms with van der Waals surface area (Å²) in [5, 5.41) is 0. The lowest BCUT2D eigenvalue weighted by atomic mass is 9.91. The molecule has 0 aliphatic rings. The second-order valence-corrected chi connectivity index (χ2v) is 10.6. The van der Waals surface area contributed by atoms with E-state index in [0.29, 0.717) is 5.78 Å². The molecule has 0 radical (unpaired) electrons. The van der Waals surface area contributed by atoms with Gasteiger partial charge in [-0.25, -0.2) is 0 Å².